The molecule has 118 valence electrons. The minimum absolute atomic E-state index is 0.127. The molecule has 1 aromatic rings. The second kappa shape index (κ2) is 7.04. The molecule has 0 atom stereocenters. The summed E-state index contributed by atoms with van der Waals surface area (Å²) in [4.78, 5) is 11.8. The standard InChI is InChI=1S/C15H23NO4S/c1-5-6-11-20-14(17)12-7-9-13(10-8-12)21(18,19)16-15(2,3)4/h7-10,16H,5-6,11H2,1-4H3. The minimum atomic E-state index is -3.58. The number of hydrogen-bond donors (Lipinski definition) is 1. The maximum atomic E-state index is 12.1. The van der Waals surface area contributed by atoms with Gasteiger partial charge in [0.15, 0.2) is 0 Å². The number of carbonyl (C=O) groups excluding carboxylic acids is 1. The van der Waals surface area contributed by atoms with E-state index < -0.39 is 21.5 Å². The van der Waals surface area contributed by atoms with Crippen molar-refractivity contribution < 1.29 is 17.9 Å². The molecule has 21 heavy (non-hydrogen) atoms. The van der Waals surface area contributed by atoms with E-state index in [-0.39, 0.29) is 4.90 Å². The number of hydrogen-bond acceptors (Lipinski definition) is 4. The average Bonchev–Trinajstić information content (AvgIpc) is 2.36. The Morgan fingerprint density at radius 3 is 2.24 bits per heavy atom. The zero-order valence-corrected chi connectivity index (χ0v) is 13.8. The number of sulfonamides is 1. The van der Waals surface area contributed by atoms with Crippen molar-refractivity contribution in [1.29, 1.82) is 0 Å². The summed E-state index contributed by atoms with van der Waals surface area (Å²) in [6, 6.07) is 5.74. The Morgan fingerprint density at radius 2 is 1.76 bits per heavy atom. The van der Waals surface area contributed by atoms with Gasteiger partial charge in [-0.15, -0.1) is 0 Å². The molecule has 0 amide bonds. The third-order valence-electron chi connectivity index (χ3n) is 2.57. The highest BCUT2D eigenvalue weighted by atomic mass is 32.2. The lowest BCUT2D eigenvalue weighted by Gasteiger charge is -2.20. The van der Waals surface area contributed by atoms with Crippen molar-refractivity contribution in [3.8, 4) is 0 Å². The normalized spacial score (nSPS) is 12.2. The third-order valence-corrected chi connectivity index (χ3v) is 4.35. The van der Waals surface area contributed by atoms with E-state index in [4.69, 9.17) is 4.74 Å². The van der Waals surface area contributed by atoms with Gasteiger partial charge in [0.05, 0.1) is 17.1 Å². The summed E-state index contributed by atoms with van der Waals surface area (Å²) in [7, 11) is -3.58. The zero-order chi connectivity index (χ0) is 16.1. The van der Waals surface area contributed by atoms with Gasteiger partial charge in [0.25, 0.3) is 0 Å². The van der Waals surface area contributed by atoms with Crippen LogP contribution in [0.3, 0.4) is 0 Å². The van der Waals surface area contributed by atoms with Crippen molar-refractivity contribution in [3.63, 3.8) is 0 Å². The lowest BCUT2D eigenvalue weighted by molar-refractivity contribution is 0.0499. The molecule has 0 heterocycles. The van der Waals surface area contributed by atoms with Gasteiger partial charge in [-0.1, -0.05) is 13.3 Å². The molecule has 0 bridgehead atoms. The van der Waals surface area contributed by atoms with Crippen LogP contribution in [0, 0.1) is 0 Å². The quantitative estimate of drug-likeness (QED) is 0.647. The molecule has 0 saturated heterocycles. The maximum absolute atomic E-state index is 12.1. The molecule has 5 nitrogen and oxygen atoms in total. The van der Waals surface area contributed by atoms with Gasteiger partial charge in [0, 0.05) is 5.54 Å². The van der Waals surface area contributed by atoms with Crippen LogP contribution in [0.1, 0.15) is 50.9 Å². The smallest absolute Gasteiger partial charge is 0.338 e. The van der Waals surface area contributed by atoms with E-state index in [1.54, 1.807) is 20.8 Å². The van der Waals surface area contributed by atoms with Crippen molar-refractivity contribution >= 4 is 16.0 Å². The zero-order valence-electron chi connectivity index (χ0n) is 13.0. The monoisotopic (exact) mass is 313 g/mol. The summed E-state index contributed by atoms with van der Waals surface area (Å²) in [6.07, 6.45) is 1.76. The Kier molecular flexibility index (Phi) is 5.92. The topological polar surface area (TPSA) is 72.5 Å². The maximum Gasteiger partial charge on any atom is 0.338 e. The molecule has 0 radical (unpaired) electrons. The molecule has 1 rings (SSSR count). The van der Waals surface area contributed by atoms with Gasteiger partial charge in [-0.3, -0.25) is 0 Å². The first kappa shape index (κ1) is 17.7. The predicted molar refractivity (Wildman–Crippen MR) is 81.7 cm³/mol. The van der Waals surface area contributed by atoms with Crippen molar-refractivity contribution in [2.45, 2.75) is 51.0 Å². The number of nitrogens with one attached hydrogen (secondary N) is 1. The van der Waals surface area contributed by atoms with Crippen molar-refractivity contribution in [1.82, 2.24) is 4.72 Å². The minimum Gasteiger partial charge on any atom is -0.462 e. The molecule has 0 spiro atoms. The molecule has 1 N–H and O–H groups in total. The van der Waals surface area contributed by atoms with E-state index in [0.29, 0.717) is 12.2 Å². The Labute approximate surface area is 126 Å². The molecular formula is C15H23NO4S. The van der Waals surface area contributed by atoms with Gasteiger partial charge < -0.3 is 4.74 Å². The van der Waals surface area contributed by atoms with Gasteiger partial charge in [-0.25, -0.2) is 17.9 Å². The molecule has 0 fully saturated rings. The lowest BCUT2D eigenvalue weighted by Crippen LogP contribution is -2.40. The summed E-state index contributed by atoms with van der Waals surface area (Å²) < 4.78 is 31.9. The van der Waals surface area contributed by atoms with Crippen molar-refractivity contribution in [2.75, 3.05) is 6.61 Å². The second-order valence-electron chi connectivity index (χ2n) is 5.87. The lowest BCUT2D eigenvalue weighted by atomic mass is 10.1. The van der Waals surface area contributed by atoms with Crippen LogP contribution in [0.25, 0.3) is 0 Å². The van der Waals surface area contributed by atoms with Gasteiger partial charge in [0.2, 0.25) is 10.0 Å². The fraction of sp³-hybridized carbons (Fsp3) is 0.533. The first-order chi connectivity index (χ1) is 9.65. The van der Waals surface area contributed by atoms with Crippen LogP contribution < -0.4 is 4.72 Å². The number of rotatable bonds is 6. The van der Waals surface area contributed by atoms with Crippen LogP contribution in [0.2, 0.25) is 0 Å². The summed E-state index contributed by atoms with van der Waals surface area (Å²) in [5.74, 6) is -0.434. The summed E-state index contributed by atoms with van der Waals surface area (Å²) in [5.41, 5.74) is -0.211. The highest BCUT2D eigenvalue weighted by Crippen LogP contribution is 2.14. The molecular weight excluding hydrogens is 290 g/mol. The summed E-state index contributed by atoms with van der Waals surface area (Å²) in [5, 5.41) is 0. The molecule has 0 aliphatic carbocycles. The van der Waals surface area contributed by atoms with Gasteiger partial charge in [0.1, 0.15) is 0 Å². The second-order valence-corrected chi connectivity index (χ2v) is 7.55. The number of ether oxygens (including phenoxy) is 1. The molecule has 6 heteroatoms. The highest BCUT2D eigenvalue weighted by Gasteiger charge is 2.22. The number of esters is 1. The van der Waals surface area contributed by atoms with Crippen LogP contribution in [0.4, 0.5) is 0 Å². The van der Waals surface area contributed by atoms with E-state index in [1.807, 2.05) is 6.92 Å². The third kappa shape index (κ3) is 5.85. The molecule has 0 aliphatic heterocycles. The first-order valence-corrected chi connectivity index (χ1v) is 8.45. The van der Waals surface area contributed by atoms with Gasteiger partial charge >= 0.3 is 5.97 Å². The van der Waals surface area contributed by atoms with E-state index in [0.717, 1.165) is 12.8 Å². The fourth-order valence-corrected chi connectivity index (χ4v) is 3.04. The van der Waals surface area contributed by atoms with E-state index in [2.05, 4.69) is 4.72 Å². The predicted octanol–water partition coefficient (Wildman–Crippen LogP) is 2.72. The highest BCUT2D eigenvalue weighted by molar-refractivity contribution is 7.89. The van der Waals surface area contributed by atoms with Crippen LogP contribution in [0.5, 0.6) is 0 Å². The molecule has 0 unspecified atom stereocenters. The molecule has 0 saturated carbocycles. The Bertz CT molecular complexity index is 571. The van der Waals surface area contributed by atoms with E-state index >= 15 is 0 Å². The van der Waals surface area contributed by atoms with E-state index in [9.17, 15) is 13.2 Å². The first-order valence-electron chi connectivity index (χ1n) is 6.97. The SMILES string of the molecule is CCCCOC(=O)c1ccc(S(=O)(=O)NC(C)(C)C)cc1. The Balaban J connectivity index is 2.80. The van der Waals surface area contributed by atoms with Gasteiger partial charge in [-0.2, -0.15) is 0 Å². The van der Waals surface area contributed by atoms with Crippen molar-refractivity contribution in [2.24, 2.45) is 0 Å². The Morgan fingerprint density at radius 1 is 1.19 bits per heavy atom. The van der Waals surface area contributed by atoms with Gasteiger partial charge in [-0.05, 0) is 51.5 Å². The molecule has 0 aliphatic rings. The summed E-state index contributed by atoms with van der Waals surface area (Å²) in [6.45, 7) is 7.69. The number of carbonyl (C=O) groups is 1. The fourth-order valence-electron chi connectivity index (χ4n) is 1.62. The molecule has 0 aromatic heterocycles. The van der Waals surface area contributed by atoms with Crippen LogP contribution in [-0.4, -0.2) is 26.5 Å². The van der Waals surface area contributed by atoms with Crippen LogP contribution in [-0.2, 0) is 14.8 Å². The van der Waals surface area contributed by atoms with Crippen LogP contribution >= 0.6 is 0 Å². The van der Waals surface area contributed by atoms with Crippen molar-refractivity contribution in [3.05, 3.63) is 29.8 Å². The molecule has 1 aromatic carbocycles. The number of unbranched alkanes of at least 4 members (excludes halogenated alkanes) is 1. The number of benzene rings is 1. The largest absolute Gasteiger partial charge is 0.462 e. The average molecular weight is 313 g/mol. The summed E-state index contributed by atoms with van der Waals surface area (Å²) >= 11 is 0. The Hall–Kier alpha value is -1.40. The van der Waals surface area contributed by atoms with Crippen LogP contribution in [0.15, 0.2) is 29.2 Å². The van der Waals surface area contributed by atoms with E-state index in [1.165, 1.54) is 24.3 Å².